The summed E-state index contributed by atoms with van der Waals surface area (Å²) in [5.41, 5.74) is 0.228. The van der Waals surface area contributed by atoms with Crippen molar-refractivity contribution in [2.75, 3.05) is 26.2 Å². The van der Waals surface area contributed by atoms with Gasteiger partial charge in [-0.05, 0) is 19.3 Å². The lowest BCUT2D eigenvalue weighted by Gasteiger charge is -2.47. The first kappa shape index (κ1) is 8.03. The molecule has 0 amide bonds. The third kappa shape index (κ3) is 1.33. The fraction of sp³-hybridized carbons (Fsp3) is 0.889. The normalized spacial score (nSPS) is 27.9. The van der Waals surface area contributed by atoms with Crippen molar-refractivity contribution in [3.63, 3.8) is 0 Å². The molecule has 2 rings (SSSR count). The van der Waals surface area contributed by atoms with Crippen LogP contribution in [0.3, 0.4) is 0 Å². The summed E-state index contributed by atoms with van der Waals surface area (Å²) in [7, 11) is 0. The molecule has 0 aliphatic carbocycles. The Balaban J connectivity index is 1.81. The van der Waals surface area contributed by atoms with E-state index in [0.29, 0.717) is 6.54 Å². The monoisotopic (exact) mass is 166 g/mol. The minimum Gasteiger partial charge on any atom is -0.375 e. The molecule has 2 saturated heterocycles. The molecule has 0 N–H and O–H groups in total. The second-order valence-electron chi connectivity index (χ2n) is 3.72. The van der Waals surface area contributed by atoms with Crippen molar-refractivity contribution >= 4 is 0 Å². The zero-order valence-electron chi connectivity index (χ0n) is 7.25. The molecule has 0 saturated carbocycles. The number of rotatable bonds is 1. The van der Waals surface area contributed by atoms with Gasteiger partial charge in [-0.1, -0.05) is 0 Å². The van der Waals surface area contributed by atoms with E-state index >= 15 is 0 Å². The van der Waals surface area contributed by atoms with E-state index in [1.54, 1.807) is 0 Å². The van der Waals surface area contributed by atoms with E-state index in [1.165, 1.54) is 6.42 Å². The standard InChI is InChI=1S/C9H14N2O/c10-4-7-11-5-1-9(2-6-11)3-8-12-9/h1-3,5-8H2. The second-order valence-corrected chi connectivity index (χ2v) is 3.72. The second kappa shape index (κ2) is 3.04. The lowest BCUT2D eigenvalue weighted by molar-refractivity contribution is -0.171. The largest absolute Gasteiger partial charge is 0.375 e. The predicted molar refractivity (Wildman–Crippen MR) is 44.6 cm³/mol. The molecular weight excluding hydrogens is 152 g/mol. The summed E-state index contributed by atoms with van der Waals surface area (Å²) in [4.78, 5) is 2.20. The van der Waals surface area contributed by atoms with Crippen molar-refractivity contribution in [1.29, 1.82) is 5.26 Å². The van der Waals surface area contributed by atoms with Gasteiger partial charge in [-0.25, -0.2) is 0 Å². The SMILES string of the molecule is N#CCN1CCC2(CCO2)CC1. The molecule has 0 aromatic carbocycles. The molecule has 2 aliphatic rings. The van der Waals surface area contributed by atoms with E-state index in [-0.39, 0.29) is 5.60 Å². The molecule has 66 valence electrons. The number of hydrogen-bond donors (Lipinski definition) is 0. The van der Waals surface area contributed by atoms with Crippen molar-refractivity contribution in [3.05, 3.63) is 0 Å². The molecule has 0 radical (unpaired) electrons. The number of ether oxygens (including phenoxy) is 1. The van der Waals surface area contributed by atoms with Gasteiger partial charge in [-0.15, -0.1) is 0 Å². The van der Waals surface area contributed by atoms with E-state index in [0.717, 1.165) is 32.5 Å². The van der Waals surface area contributed by atoms with E-state index in [9.17, 15) is 0 Å². The van der Waals surface area contributed by atoms with Gasteiger partial charge in [-0.2, -0.15) is 5.26 Å². The quantitative estimate of drug-likeness (QED) is 0.540. The Kier molecular flexibility index (Phi) is 2.03. The molecule has 0 bridgehead atoms. The minimum absolute atomic E-state index is 0.228. The Morgan fingerprint density at radius 3 is 2.42 bits per heavy atom. The Labute approximate surface area is 72.9 Å². The minimum atomic E-state index is 0.228. The van der Waals surface area contributed by atoms with Gasteiger partial charge in [-0.3, -0.25) is 4.90 Å². The van der Waals surface area contributed by atoms with Crippen LogP contribution in [0.25, 0.3) is 0 Å². The summed E-state index contributed by atoms with van der Waals surface area (Å²) in [5.74, 6) is 0. The maximum absolute atomic E-state index is 8.50. The molecule has 2 fully saturated rings. The Morgan fingerprint density at radius 1 is 1.33 bits per heavy atom. The van der Waals surface area contributed by atoms with Gasteiger partial charge in [0.2, 0.25) is 0 Å². The molecule has 12 heavy (non-hydrogen) atoms. The predicted octanol–water partition coefficient (Wildman–Crippen LogP) is 0.765. The Bertz CT molecular complexity index is 195. The average Bonchev–Trinajstić information content (AvgIpc) is 2.04. The molecule has 2 heterocycles. The molecule has 3 nitrogen and oxygen atoms in total. The van der Waals surface area contributed by atoms with Crippen molar-refractivity contribution in [3.8, 4) is 6.07 Å². The van der Waals surface area contributed by atoms with Gasteiger partial charge in [0.1, 0.15) is 0 Å². The van der Waals surface area contributed by atoms with Crippen LogP contribution < -0.4 is 0 Å². The number of hydrogen-bond acceptors (Lipinski definition) is 3. The van der Waals surface area contributed by atoms with Crippen LogP contribution in [0.15, 0.2) is 0 Å². The van der Waals surface area contributed by atoms with Gasteiger partial charge >= 0.3 is 0 Å². The van der Waals surface area contributed by atoms with Gasteiger partial charge < -0.3 is 4.74 Å². The van der Waals surface area contributed by atoms with E-state index in [1.807, 2.05) is 0 Å². The summed E-state index contributed by atoms with van der Waals surface area (Å²) >= 11 is 0. The fourth-order valence-corrected chi connectivity index (χ4v) is 2.00. The van der Waals surface area contributed by atoms with Gasteiger partial charge in [0, 0.05) is 13.1 Å². The maximum atomic E-state index is 8.50. The molecular formula is C9H14N2O. The van der Waals surface area contributed by atoms with E-state index in [2.05, 4.69) is 11.0 Å². The first-order valence-corrected chi connectivity index (χ1v) is 4.58. The van der Waals surface area contributed by atoms with Crippen LogP contribution in [0.4, 0.5) is 0 Å². The van der Waals surface area contributed by atoms with Crippen molar-refractivity contribution in [2.45, 2.75) is 24.9 Å². The highest BCUT2D eigenvalue weighted by Gasteiger charge is 2.40. The van der Waals surface area contributed by atoms with Gasteiger partial charge in [0.25, 0.3) is 0 Å². The van der Waals surface area contributed by atoms with Crippen LogP contribution in [0.2, 0.25) is 0 Å². The van der Waals surface area contributed by atoms with Crippen LogP contribution in [0, 0.1) is 11.3 Å². The number of nitriles is 1. The van der Waals surface area contributed by atoms with Crippen LogP contribution >= 0.6 is 0 Å². The van der Waals surface area contributed by atoms with Crippen LogP contribution in [-0.4, -0.2) is 36.7 Å². The maximum Gasteiger partial charge on any atom is 0.0866 e. The van der Waals surface area contributed by atoms with E-state index in [4.69, 9.17) is 10.00 Å². The molecule has 0 aromatic heterocycles. The molecule has 0 atom stereocenters. The van der Waals surface area contributed by atoms with Crippen molar-refractivity contribution in [2.24, 2.45) is 0 Å². The lowest BCUT2D eigenvalue weighted by Crippen LogP contribution is -2.52. The highest BCUT2D eigenvalue weighted by Crippen LogP contribution is 2.36. The smallest absolute Gasteiger partial charge is 0.0866 e. The molecule has 0 unspecified atom stereocenters. The molecule has 0 aromatic rings. The summed E-state index contributed by atoms with van der Waals surface area (Å²) in [6.07, 6.45) is 3.47. The first-order chi connectivity index (χ1) is 5.85. The van der Waals surface area contributed by atoms with Crippen LogP contribution in [0.5, 0.6) is 0 Å². The van der Waals surface area contributed by atoms with Gasteiger partial charge in [0.15, 0.2) is 0 Å². The third-order valence-corrected chi connectivity index (χ3v) is 3.03. The summed E-state index contributed by atoms with van der Waals surface area (Å²) in [6.45, 7) is 3.59. The zero-order valence-corrected chi connectivity index (χ0v) is 7.25. The number of nitrogens with zero attached hydrogens (tertiary/aromatic N) is 2. The van der Waals surface area contributed by atoms with Gasteiger partial charge in [0.05, 0.1) is 24.8 Å². The summed E-state index contributed by atoms with van der Waals surface area (Å²) in [6, 6.07) is 2.19. The Morgan fingerprint density at radius 2 is 2.00 bits per heavy atom. The fourth-order valence-electron chi connectivity index (χ4n) is 2.00. The zero-order chi connectivity index (χ0) is 8.44. The Hall–Kier alpha value is -0.590. The average molecular weight is 166 g/mol. The first-order valence-electron chi connectivity index (χ1n) is 4.58. The van der Waals surface area contributed by atoms with Crippen LogP contribution in [-0.2, 0) is 4.74 Å². The van der Waals surface area contributed by atoms with Crippen molar-refractivity contribution < 1.29 is 4.74 Å². The lowest BCUT2D eigenvalue weighted by atomic mass is 9.84. The number of piperidine rings is 1. The topological polar surface area (TPSA) is 36.3 Å². The highest BCUT2D eigenvalue weighted by atomic mass is 16.5. The molecule has 1 spiro atoms. The third-order valence-electron chi connectivity index (χ3n) is 3.03. The van der Waals surface area contributed by atoms with Crippen molar-refractivity contribution in [1.82, 2.24) is 4.90 Å². The number of likely N-dealkylation sites (tertiary alicyclic amines) is 1. The summed E-state index contributed by atoms with van der Waals surface area (Å²) in [5, 5.41) is 8.50. The molecule has 3 heteroatoms. The highest BCUT2D eigenvalue weighted by molar-refractivity contribution is 4.94. The summed E-state index contributed by atoms with van der Waals surface area (Å²) < 4.78 is 5.58. The van der Waals surface area contributed by atoms with Crippen LogP contribution in [0.1, 0.15) is 19.3 Å². The van der Waals surface area contributed by atoms with E-state index < -0.39 is 0 Å². The molecule has 2 aliphatic heterocycles.